The summed E-state index contributed by atoms with van der Waals surface area (Å²) in [6.07, 6.45) is 6.80. The molecule has 1 fully saturated rings. The summed E-state index contributed by atoms with van der Waals surface area (Å²) in [5, 5.41) is 10.4. The van der Waals surface area contributed by atoms with Crippen molar-refractivity contribution in [2.75, 3.05) is 18.8 Å². The van der Waals surface area contributed by atoms with Gasteiger partial charge in [0, 0.05) is 31.4 Å². The van der Waals surface area contributed by atoms with Crippen LogP contribution < -0.4 is 5.73 Å². The Balaban J connectivity index is 1.63. The molecule has 0 aliphatic carbocycles. The average Bonchev–Trinajstić information content (AvgIpc) is 3.08. The van der Waals surface area contributed by atoms with Gasteiger partial charge >= 0.3 is 0 Å². The van der Waals surface area contributed by atoms with Crippen molar-refractivity contribution in [3.63, 3.8) is 0 Å². The van der Waals surface area contributed by atoms with Gasteiger partial charge in [0.05, 0.1) is 5.39 Å². The normalized spacial score (nSPS) is 15.1. The number of rotatable bonds is 4. The number of hydrogen-bond donors (Lipinski definition) is 2. The summed E-state index contributed by atoms with van der Waals surface area (Å²) in [5.41, 5.74) is 8.88. The predicted molar refractivity (Wildman–Crippen MR) is 109 cm³/mol. The Morgan fingerprint density at radius 3 is 2.64 bits per heavy atom. The van der Waals surface area contributed by atoms with Crippen LogP contribution >= 0.6 is 0 Å². The average molecular weight is 377 g/mol. The number of fused-ring (bicyclic) bond motifs is 1. The van der Waals surface area contributed by atoms with E-state index in [0.29, 0.717) is 11.7 Å². The summed E-state index contributed by atoms with van der Waals surface area (Å²) < 4.78 is 2.13. The highest BCUT2D eigenvalue weighted by Crippen LogP contribution is 2.34. The van der Waals surface area contributed by atoms with Gasteiger partial charge in [-0.05, 0) is 42.5 Å². The lowest BCUT2D eigenvalue weighted by Gasteiger charge is -2.31. The highest BCUT2D eigenvalue weighted by Gasteiger charge is 2.23. The molecule has 1 aromatic carbocycles. The molecule has 4 rings (SSSR count). The van der Waals surface area contributed by atoms with E-state index in [9.17, 15) is 9.90 Å². The van der Waals surface area contributed by atoms with Crippen LogP contribution in [0.3, 0.4) is 0 Å². The van der Waals surface area contributed by atoms with E-state index < -0.39 is 0 Å². The van der Waals surface area contributed by atoms with Gasteiger partial charge in [-0.1, -0.05) is 18.7 Å². The number of carbonyl (C=O) groups excluding carboxylic acids is 1. The van der Waals surface area contributed by atoms with Gasteiger partial charge in [0.2, 0.25) is 5.91 Å². The number of piperidine rings is 1. The Morgan fingerprint density at radius 1 is 1.25 bits per heavy atom. The molecule has 3 aromatic rings. The number of nitrogens with two attached hydrogens (primary N) is 1. The van der Waals surface area contributed by atoms with E-state index in [1.807, 2.05) is 17.0 Å². The largest absolute Gasteiger partial charge is 0.508 e. The van der Waals surface area contributed by atoms with Crippen molar-refractivity contribution in [2.45, 2.75) is 19.4 Å². The van der Waals surface area contributed by atoms with E-state index in [2.05, 4.69) is 27.3 Å². The number of anilines is 1. The maximum absolute atomic E-state index is 11.8. The van der Waals surface area contributed by atoms with Crippen molar-refractivity contribution in [1.82, 2.24) is 19.4 Å². The van der Waals surface area contributed by atoms with Crippen molar-refractivity contribution in [3.8, 4) is 16.9 Å². The fourth-order valence-corrected chi connectivity index (χ4v) is 3.89. The number of aromatic hydroxyl groups is 1. The fourth-order valence-electron chi connectivity index (χ4n) is 3.89. The van der Waals surface area contributed by atoms with E-state index in [1.165, 1.54) is 12.4 Å². The molecule has 1 saturated heterocycles. The first kappa shape index (κ1) is 18.0. The minimum Gasteiger partial charge on any atom is -0.508 e. The number of nitrogen functional groups attached to an aromatic ring is 1. The van der Waals surface area contributed by atoms with Crippen LogP contribution in [-0.4, -0.2) is 43.5 Å². The third kappa shape index (κ3) is 3.31. The molecule has 0 atom stereocenters. The quantitative estimate of drug-likeness (QED) is 0.682. The molecule has 3 N–H and O–H groups in total. The SMILES string of the molecule is C=CC(=O)N1CCC(Cn2cc(-c3ccc(O)cc3)c3c(N)ncnc32)CC1. The predicted octanol–water partition coefficient (Wildman–Crippen LogP) is 2.81. The maximum atomic E-state index is 11.8. The van der Waals surface area contributed by atoms with Gasteiger partial charge in [-0.15, -0.1) is 0 Å². The van der Waals surface area contributed by atoms with Crippen LogP contribution in [0.1, 0.15) is 12.8 Å². The van der Waals surface area contributed by atoms with Crippen molar-refractivity contribution in [1.29, 1.82) is 0 Å². The van der Waals surface area contributed by atoms with E-state index in [4.69, 9.17) is 5.73 Å². The van der Waals surface area contributed by atoms with Crippen LogP contribution in [0.15, 0.2) is 49.4 Å². The van der Waals surface area contributed by atoms with Crippen molar-refractivity contribution in [3.05, 3.63) is 49.4 Å². The first-order chi connectivity index (χ1) is 13.6. The number of carbonyl (C=O) groups is 1. The number of aromatic nitrogens is 3. The number of hydrogen-bond acceptors (Lipinski definition) is 5. The van der Waals surface area contributed by atoms with Gasteiger partial charge in [-0.25, -0.2) is 9.97 Å². The van der Waals surface area contributed by atoms with Crippen LogP contribution in [0, 0.1) is 5.92 Å². The van der Waals surface area contributed by atoms with E-state index in [-0.39, 0.29) is 11.7 Å². The van der Waals surface area contributed by atoms with Crippen LogP contribution in [0.2, 0.25) is 0 Å². The Labute approximate surface area is 163 Å². The Bertz CT molecular complexity index is 1020. The maximum Gasteiger partial charge on any atom is 0.245 e. The summed E-state index contributed by atoms with van der Waals surface area (Å²) in [6.45, 7) is 5.87. The molecule has 3 heterocycles. The summed E-state index contributed by atoms with van der Waals surface area (Å²) >= 11 is 0. The lowest BCUT2D eigenvalue weighted by atomic mass is 9.96. The highest BCUT2D eigenvalue weighted by molar-refractivity contribution is 6.00. The van der Waals surface area contributed by atoms with Crippen LogP contribution in [0.25, 0.3) is 22.2 Å². The topological polar surface area (TPSA) is 97.3 Å². The van der Waals surface area contributed by atoms with E-state index in [0.717, 1.165) is 54.6 Å². The molecule has 144 valence electrons. The highest BCUT2D eigenvalue weighted by atomic mass is 16.3. The molecule has 0 bridgehead atoms. The summed E-state index contributed by atoms with van der Waals surface area (Å²) in [6, 6.07) is 7.04. The number of likely N-dealkylation sites (tertiary alicyclic amines) is 1. The zero-order valence-corrected chi connectivity index (χ0v) is 15.6. The summed E-state index contributed by atoms with van der Waals surface area (Å²) in [7, 11) is 0. The second-order valence-corrected chi connectivity index (χ2v) is 7.17. The second kappa shape index (κ2) is 7.34. The molecule has 7 nitrogen and oxygen atoms in total. The molecule has 2 aromatic heterocycles. The lowest BCUT2D eigenvalue weighted by Crippen LogP contribution is -2.38. The zero-order valence-electron chi connectivity index (χ0n) is 15.6. The van der Waals surface area contributed by atoms with Gasteiger partial charge < -0.3 is 20.3 Å². The molecule has 0 spiro atoms. The summed E-state index contributed by atoms with van der Waals surface area (Å²) in [5.74, 6) is 1.11. The van der Waals surface area contributed by atoms with Crippen molar-refractivity contribution in [2.24, 2.45) is 5.92 Å². The minimum absolute atomic E-state index is 0.00000459. The van der Waals surface area contributed by atoms with Gasteiger partial charge in [0.1, 0.15) is 23.5 Å². The van der Waals surface area contributed by atoms with Crippen LogP contribution in [-0.2, 0) is 11.3 Å². The molecule has 0 saturated carbocycles. The standard InChI is InChI=1S/C21H23N5O2/c1-2-18(28)25-9-7-14(8-10-25)11-26-12-17(15-3-5-16(27)6-4-15)19-20(22)23-13-24-21(19)26/h2-6,12-14,27H,1,7-11H2,(H2,22,23,24). The molecular weight excluding hydrogens is 354 g/mol. The lowest BCUT2D eigenvalue weighted by molar-refractivity contribution is -0.127. The van der Waals surface area contributed by atoms with Crippen molar-refractivity contribution < 1.29 is 9.90 Å². The van der Waals surface area contributed by atoms with Gasteiger partial charge in [-0.2, -0.15) is 0 Å². The molecule has 0 radical (unpaired) electrons. The molecule has 1 aliphatic heterocycles. The molecule has 7 heteroatoms. The number of amides is 1. The molecular formula is C21H23N5O2. The fraction of sp³-hybridized carbons (Fsp3) is 0.286. The third-order valence-electron chi connectivity index (χ3n) is 5.42. The molecule has 28 heavy (non-hydrogen) atoms. The van der Waals surface area contributed by atoms with Crippen molar-refractivity contribution >= 4 is 22.8 Å². The number of nitrogens with zero attached hydrogens (tertiary/aromatic N) is 4. The van der Waals surface area contributed by atoms with Gasteiger partial charge in [0.25, 0.3) is 0 Å². The number of benzene rings is 1. The van der Waals surface area contributed by atoms with Crippen LogP contribution in [0.4, 0.5) is 5.82 Å². The number of phenols is 1. The first-order valence-corrected chi connectivity index (χ1v) is 9.37. The minimum atomic E-state index is -0.00000459. The Hall–Kier alpha value is -3.35. The monoisotopic (exact) mass is 377 g/mol. The van der Waals surface area contributed by atoms with E-state index in [1.54, 1.807) is 12.1 Å². The first-order valence-electron chi connectivity index (χ1n) is 9.37. The second-order valence-electron chi connectivity index (χ2n) is 7.17. The Morgan fingerprint density at radius 2 is 1.96 bits per heavy atom. The Kier molecular flexibility index (Phi) is 4.73. The van der Waals surface area contributed by atoms with E-state index >= 15 is 0 Å². The summed E-state index contributed by atoms with van der Waals surface area (Å²) in [4.78, 5) is 22.3. The number of phenolic OH excluding ortho intramolecular Hbond substituents is 1. The molecule has 0 unspecified atom stereocenters. The third-order valence-corrected chi connectivity index (χ3v) is 5.42. The smallest absolute Gasteiger partial charge is 0.245 e. The van der Waals surface area contributed by atoms with Gasteiger partial charge in [0.15, 0.2) is 0 Å². The zero-order chi connectivity index (χ0) is 19.7. The molecule has 1 aliphatic rings. The van der Waals surface area contributed by atoms with Crippen LogP contribution in [0.5, 0.6) is 5.75 Å². The van der Waals surface area contributed by atoms with Gasteiger partial charge in [-0.3, -0.25) is 4.79 Å². The molecule has 1 amide bonds.